The molecular formula is C57H50N6O8S2. The molecule has 3 atom stereocenters. The summed E-state index contributed by atoms with van der Waals surface area (Å²) >= 11 is 2.50. The van der Waals surface area contributed by atoms with Crippen LogP contribution in [0.5, 0.6) is 0 Å². The van der Waals surface area contributed by atoms with Gasteiger partial charge in [-0.1, -0.05) is 187 Å². The zero-order valence-electron chi connectivity index (χ0n) is 39.3. The molecule has 14 nitrogen and oxygen atoms in total. The maximum atomic E-state index is 15.1. The number of ether oxygens (including phenoxy) is 1. The highest BCUT2D eigenvalue weighted by molar-refractivity contribution is 8.00. The van der Waals surface area contributed by atoms with E-state index in [0.717, 1.165) is 38.3 Å². The average molecular weight is 1010 g/mol. The number of aliphatic hydroxyl groups excluding tert-OH is 1. The topological polar surface area (TPSA) is 183 Å². The summed E-state index contributed by atoms with van der Waals surface area (Å²) in [6.07, 6.45) is 0.671. The maximum absolute atomic E-state index is 15.1. The van der Waals surface area contributed by atoms with Gasteiger partial charge in [-0.25, -0.2) is 14.6 Å². The van der Waals surface area contributed by atoms with Crippen molar-refractivity contribution in [2.24, 2.45) is 5.16 Å². The summed E-state index contributed by atoms with van der Waals surface area (Å²) in [5.41, 5.74) is 2.46. The van der Waals surface area contributed by atoms with Crippen LogP contribution < -0.4 is 10.6 Å². The van der Waals surface area contributed by atoms with Gasteiger partial charge in [-0.2, -0.15) is 0 Å². The summed E-state index contributed by atoms with van der Waals surface area (Å²) in [5.74, 6) is -2.73. The van der Waals surface area contributed by atoms with Crippen LogP contribution in [0.3, 0.4) is 0 Å². The number of anilines is 1. The number of carboxylic acids is 1. The summed E-state index contributed by atoms with van der Waals surface area (Å²) in [4.78, 5) is 69.7. The predicted octanol–water partition coefficient (Wildman–Crippen LogP) is 8.59. The van der Waals surface area contributed by atoms with E-state index in [2.05, 4.69) is 47.0 Å². The average Bonchev–Trinajstić information content (AvgIpc) is 4.14. The van der Waals surface area contributed by atoms with Crippen LogP contribution in [0, 0.1) is 0 Å². The van der Waals surface area contributed by atoms with Gasteiger partial charge in [0, 0.05) is 39.9 Å². The standard InChI is InChI=1S/C57H50N6O8S2/c64-34-45-32-19-33-62(45)55(69)70-35-38-36-72-52-48(51(66)63(52)49(38)53(67)68)59-50(65)47(61-71-57(42-26-13-4-14-27-42,43-28-15-5-16-29-43)44-30-17-6-18-31-44)46-37-73-54(58-46)60-56(39-20-7-1-8-21-39,40-22-9-2-10-23-40)41-24-11-3-12-25-41/h1-18,20-31,37,45,48,52,64H,19,32-36H2,(H,58,60)(H,59,65)(H,67,68)/t45-,48?,52-/m0/s1. The van der Waals surface area contributed by atoms with E-state index in [9.17, 15) is 24.6 Å². The molecule has 3 aliphatic rings. The SMILES string of the molecule is O=C(O)C1=C(COC(=O)N2CCC[C@H]2CO)CS[C@H]2C(NC(=O)C(=NOC(c3ccccc3)(c3ccccc3)c3ccccc3)c3csc(NC(c4ccccc4)(c4ccccc4)c4ccccc4)n3)C(=O)N12. The van der Waals surface area contributed by atoms with Gasteiger partial charge in [-0.05, 0) is 29.5 Å². The maximum Gasteiger partial charge on any atom is 0.410 e. The second-order valence-electron chi connectivity index (χ2n) is 17.7. The molecule has 4 heterocycles. The smallest absolute Gasteiger partial charge is 0.410 e. The number of hydrogen-bond donors (Lipinski definition) is 4. The number of carbonyl (C=O) groups is 4. The lowest BCUT2D eigenvalue weighted by atomic mass is 9.77. The van der Waals surface area contributed by atoms with Gasteiger partial charge in [-0.3, -0.25) is 14.5 Å². The fraction of sp³-hybridized carbons (Fsp3) is 0.193. The molecule has 4 N–H and O–H groups in total. The molecule has 368 valence electrons. The summed E-state index contributed by atoms with van der Waals surface area (Å²) < 4.78 is 5.54. The Labute approximate surface area is 430 Å². The Balaban J connectivity index is 1.03. The molecule has 73 heavy (non-hydrogen) atoms. The molecule has 0 bridgehead atoms. The number of oxime groups is 1. The third-order valence-electron chi connectivity index (χ3n) is 13.4. The molecule has 0 saturated carbocycles. The van der Waals surface area contributed by atoms with Crippen molar-refractivity contribution in [2.45, 2.75) is 41.4 Å². The van der Waals surface area contributed by atoms with Gasteiger partial charge in [0.1, 0.15) is 35.0 Å². The third-order valence-corrected chi connectivity index (χ3v) is 15.5. The van der Waals surface area contributed by atoms with E-state index in [-0.39, 0.29) is 47.7 Å². The summed E-state index contributed by atoms with van der Waals surface area (Å²) in [7, 11) is 0. The molecule has 10 rings (SSSR count). The molecule has 3 amide bonds. The summed E-state index contributed by atoms with van der Waals surface area (Å²) in [6.45, 7) is -0.167. The van der Waals surface area contributed by atoms with E-state index >= 15 is 4.79 Å². The number of nitrogens with one attached hydrogen (secondary N) is 2. The van der Waals surface area contributed by atoms with Crippen LogP contribution in [0.2, 0.25) is 0 Å². The fourth-order valence-corrected chi connectivity index (χ4v) is 12.0. The Morgan fingerprint density at radius 3 is 1.70 bits per heavy atom. The highest BCUT2D eigenvalue weighted by atomic mass is 32.2. The largest absolute Gasteiger partial charge is 0.477 e. The molecular weight excluding hydrogens is 961 g/mol. The van der Waals surface area contributed by atoms with E-state index in [1.807, 2.05) is 146 Å². The molecule has 1 aromatic heterocycles. The molecule has 0 spiro atoms. The van der Waals surface area contributed by atoms with Gasteiger partial charge >= 0.3 is 12.1 Å². The van der Waals surface area contributed by atoms with Crippen LogP contribution >= 0.6 is 23.1 Å². The quantitative estimate of drug-likeness (QED) is 0.0297. The van der Waals surface area contributed by atoms with E-state index in [1.54, 1.807) is 5.38 Å². The number of fused-ring (bicyclic) bond motifs is 1. The Morgan fingerprint density at radius 1 is 0.726 bits per heavy atom. The lowest BCUT2D eigenvalue weighted by molar-refractivity contribution is -0.150. The van der Waals surface area contributed by atoms with Gasteiger partial charge in [0.15, 0.2) is 10.8 Å². The number of carboxylic acid groups (broad SMARTS) is 1. The number of benzene rings is 6. The lowest BCUT2D eigenvalue weighted by Crippen LogP contribution is -2.71. The van der Waals surface area contributed by atoms with Gasteiger partial charge in [-0.15, -0.1) is 23.1 Å². The number of hydrogen-bond acceptors (Lipinski definition) is 12. The van der Waals surface area contributed by atoms with Gasteiger partial charge in [0.25, 0.3) is 11.8 Å². The molecule has 1 unspecified atom stereocenters. The molecule has 2 saturated heterocycles. The van der Waals surface area contributed by atoms with E-state index in [1.165, 1.54) is 28.0 Å². The van der Waals surface area contributed by atoms with Gasteiger partial charge < -0.3 is 35.3 Å². The summed E-state index contributed by atoms with van der Waals surface area (Å²) in [6, 6.07) is 57.3. The Hall–Kier alpha value is -8.05. The first-order valence-corrected chi connectivity index (χ1v) is 25.7. The van der Waals surface area contributed by atoms with E-state index in [4.69, 9.17) is 19.7 Å². The van der Waals surface area contributed by atoms with Crippen molar-refractivity contribution >= 4 is 57.8 Å². The van der Waals surface area contributed by atoms with E-state index < -0.39 is 46.4 Å². The lowest BCUT2D eigenvalue weighted by Gasteiger charge is -2.49. The normalized spacial score (nSPS) is 17.8. The molecule has 0 aliphatic carbocycles. The number of likely N-dealkylation sites (tertiary alicyclic amines) is 1. The van der Waals surface area contributed by atoms with Crippen LogP contribution in [-0.4, -0.2) is 97.6 Å². The Morgan fingerprint density at radius 2 is 1.22 bits per heavy atom. The molecule has 0 radical (unpaired) electrons. The monoisotopic (exact) mass is 1010 g/mol. The number of β-lactam (4-membered cyclic amide) rings is 1. The minimum atomic E-state index is -1.40. The molecule has 2 fully saturated rings. The molecule has 7 aromatic rings. The molecule has 16 heteroatoms. The second kappa shape index (κ2) is 21.3. The zero-order chi connectivity index (χ0) is 50.4. The van der Waals surface area contributed by atoms with Crippen LogP contribution in [-0.2, 0) is 35.1 Å². The number of aliphatic hydroxyl groups is 1. The number of aliphatic carboxylic acids is 1. The Kier molecular flexibility index (Phi) is 14.2. The molecule has 6 aromatic carbocycles. The van der Waals surface area contributed by atoms with Gasteiger partial charge in [0.2, 0.25) is 5.60 Å². The van der Waals surface area contributed by atoms with Crippen molar-refractivity contribution in [1.29, 1.82) is 0 Å². The number of thiazole rings is 1. The minimum absolute atomic E-state index is 0.101. The van der Waals surface area contributed by atoms with Crippen LogP contribution in [0.4, 0.5) is 9.93 Å². The third kappa shape index (κ3) is 9.36. The number of thioether (sulfide) groups is 1. The van der Waals surface area contributed by atoms with Crippen molar-refractivity contribution in [3.05, 3.63) is 238 Å². The van der Waals surface area contributed by atoms with Gasteiger partial charge in [0.05, 0.1) is 12.6 Å². The van der Waals surface area contributed by atoms with Crippen molar-refractivity contribution in [1.82, 2.24) is 20.1 Å². The Bertz CT molecular complexity index is 2950. The van der Waals surface area contributed by atoms with Crippen molar-refractivity contribution in [2.75, 3.05) is 30.8 Å². The minimum Gasteiger partial charge on any atom is -0.477 e. The van der Waals surface area contributed by atoms with Crippen LogP contribution in [0.25, 0.3) is 0 Å². The van der Waals surface area contributed by atoms with Crippen LogP contribution in [0.1, 0.15) is 51.9 Å². The van der Waals surface area contributed by atoms with E-state index in [0.29, 0.717) is 24.5 Å². The number of nitrogens with zero attached hydrogens (tertiary/aromatic N) is 4. The number of aromatic nitrogens is 1. The van der Waals surface area contributed by atoms with Crippen LogP contribution in [0.15, 0.2) is 204 Å². The predicted molar refractivity (Wildman–Crippen MR) is 280 cm³/mol. The second-order valence-corrected chi connectivity index (χ2v) is 19.6. The first-order valence-electron chi connectivity index (χ1n) is 23.8. The molecule has 3 aliphatic heterocycles. The van der Waals surface area contributed by atoms with Crippen molar-refractivity contribution in [3.63, 3.8) is 0 Å². The van der Waals surface area contributed by atoms with Crippen molar-refractivity contribution < 1.29 is 39.0 Å². The fourth-order valence-electron chi connectivity index (χ4n) is 9.88. The number of amides is 3. The highest BCUT2D eigenvalue weighted by Gasteiger charge is 2.55. The summed E-state index contributed by atoms with van der Waals surface area (Å²) in [5, 5.41) is 33.0. The first kappa shape index (κ1) is 48.6. The first-order chi connectivity index (χ1) is 35.7. The number of rotatable bonds is 17. The van der Waals surface area contributed by atoms with Crippen molar-refractivity contribution in [3.8, 4) is 0 Å². The number of carbonyl (C=O) groups excluding carboxylic acids is 3. The highest BCUT2D eigenvalue weighted by Crippen LogP contribution is 2.44. The zero-order valence-corrected chi connectivity index (χ0v) is 41.0.